The number of ether oxygens (including phenoxy) is 1. The van der Waals surface area contributed by atoms with Gasteiger partial charge in [-0.05, 0) is 68.1 Å². The molecular weight excluding hydrogens is 288 g/mol. The van der Waals surface area contributed by atoms with Crippen LogP contribution in [0.5, 0.6) is 5.75 Å². The Labute approximate surface area is 137 Å². The Balaban J connectivity index is 1.91. The molecule has 0 atom stereocenters. The van der Waals surface area contributed by atoms with Crippen LogP contribution in [0.25, 0.3) is 0 Å². The van der Waals surface area contributed by atoms with Crippen LogP contribution < -0.4 is 15.8 Å². The molecule has 0 unspecified atom stereocenters. The van der Waals surface area contributed by atoms with Crippen molar-refractivity contribution >= 4 is 17.3 Å². The Morgan fingerprint density at radius 1 is 1.09 bits per heavy atom. The first-order valence-corrected chi connectivity index (χ1v) is 7.73. The number of benzene rings is 2. The third-order valence-corrected chi connectivity index (χ3v) is 3.89. The lowest BCUT2D eigenvalue weighted by molar-refractivity contribution is -0.116. The molecule has 0 radical (unpaired) electrons. The Kier molecular flexibility index (Phi) is 5.27. The fourth-order valence-corrected chi connectivity index (χ4v) is 2.39. The number of rotatable bonds is 5. The quantitative estimate of drug-likeness (QED) is 0.823. The van der Waals surface area contributed by atoms with Crippen molar-refractivity contribution in [3.05, 3.63) is 52.6 Å². The van der Waals surface area contributed by atoms with Crippen molar-refractivity contribution in [2.75, 3.05) is 17.7 Å². The maximum absolute atomic E-state index is 12.1. The first-order chi connectivity index (χ1) is 10.9. The minimum absolute atomic E-state index is 0.0827. The van der Waals surface area contributed by atoms with Gasteiger partial charge in [0.2, 0.25) is 5.91 Å². The van der Waals surface area contributed by atoms with E-state index in [1.807, 2.05) is 39.0 Å². The third-order valence-electron chi connectivity index (χ3n) is 3.89. The summed E-state index contributed by atoms with van der Waals surface area (Å²) in [5.41, 5.74) is 11.6. The van der Waals surface area contributed by atoms with Crippen LogP contribution >= 0.6 is 0 Å². The standard InChI is InChI=1S/C19H24N2O2/c1-12-9-14(3)15(4)18(10-12)23-8-7-19(22)21-17-11-16(20)6-5-13(17)2/h5-6,9-11H,7-8,20H2,1-4H3,(H,21,22). The Hall–Kier alpha value is -2.49. The summed E-state index contributed by atoms with van der Waals surface area (Å²) < 4.78 is 5.78. The number of aryl methyl sites for hydroxylation is 3. The van der Waals surface area contributed by atoms with Crippen LogP contribution in [0.3, 0.4) is 0 Å². The molecule has 0 spiro atoms. The van der Waals surface area contributed by atoms with Crippen molar-refractivity contribution in [2.45, 2.75) is 34.1 Å². The molecule has 1 amide bonds. The minimum atomic E-state index is -0.0827. The van der Waals surface area contributed by atoms with Crippen molar-refractivity contribution in [1.82, 2.24) is 0 Å². The SMILES string of the molecule is Cc1cc(C)c(C)c(OCCC(=O)Nc2cc(N)ccc2C)c1. The van der Waals surface area contributed by atoms with E-state index in [-0.39, 0.29) is 5.91 Å². The average molecular weight is 312 g/mol. The van der Waals surface area contributed by atoms with Crippen molar-refractivity contribution in [2.24, 2.45) is 0 Å². The van der Waals surface area contributed by atoms with Gasteiger partial charge in [0, 0.05) is 11.4 Å². The van der Waals surface area contributed by atoms with Crippen molar-refractivity contribution < 1.29 is 9.53 Å². The molecule has 0 bridgehead atoms. The maximum atomic E-state index is 12.1. The predicted octanol–water partition coefficient (Wildman–Crippen LogP) is 3.91. The van der Waals surface area contributed by atoms with E-state index in [1.165, 1.54) is 5.56 Å². The molecule has 23 heavy (non-hydrogen) atoms. The highest BCUT2D eigenvalue weighted by Crippen LogP contribution is 2.23. The molecule has 0 aliphatic heterocycles. The molecule has 0 saturated heterocycles. The monoisotopic (exact) mass is 312 g/mol. The van der Waals surface area contributed by atoms with E-state index in [4.69, 9.17) is 10.5 Å². The lowest BCUT2D eigenvalue weighted by Gasteiger charge is -2.13. The van der Waals surface area contributed by atoms with Crippen LogP contribution in [0.2, 0.25) is 0 Å². The molecule has 2 rings (SSSR count). The molecule has 3 N–H and O–H groups in total. The second kappa shape index (κ2) is 7.18. The van der Waals surface area contributed by atoms with Gasteiger partial charge in [-0.3, -0.25) is 4.79 Å². The zero-order valence-corrected chi connectivity index (χ0v) is 14.2. The summed E-state index contributed by atoms with van der Waals surface area (Å²) in [7, 11) is 0. The molecule has 122 valence electrons. The molecule has 0 heterocycles. The van der Waals surface area contributed by atoms with E-state index in [0.29, 0.717) is 18.7 Å². The summed E-state index contributed by atoms with van der Waals surface area (Å²) in [5, 5.41) is 2.88. The van der Waals surface area contributed by atoms with Crippen LogP contribution in [0, 0.1) is 27.7 Å². The van der Waals surface area contributed by atoms with Gasteiger partial charge in [0.25, 0.3) is 0 Å². The normalized spacial score (nSPS) is 10.4. The molecule has 4 heteroatoms. The minimum Gasteiger partial charge on any atom is -0.493 e. The van der Waals surface area contributed by atoms with Gasteiger partial charge in [0.15, 0.2) is 0 Å². The van der Waals surface area contributed by atoms with Crippen molar-refractivity contribution in [3.8, 4) is 5.75 Å². The van der Waals surface area contributed by atoms with Gasteiger partial charge in [-0.1, -0.05) is 12.1 Å². The second-order valence-electron chi connectivity index (χ2n) is 5.93. The first-order valence-electron chi connectivity index (χ1n) is 7.73. The molecule has 0 fully saturated rings. The number of carbonyl (C=O) groups is 1. The number of anilines is 2. The number of nitrogens with two attached hydrogens (primary N) is 1. The van der Waals surface area contributed by atoms with Gasteiger partial charge in [-0.25, -0.2) is 0 Å². The van der Waals surface area contributed by atoms with Crippen LogP contribution in [0.1, 0.15) is 28.7 Å². The molecule has 2 aromatic carbocycles. The number of carbonyl (C=O) groups excluding carboxylic acids is 1. The van der Waals surface area contributed by atoms with Crippen LogP contribution in [-0.2, 0) is 4.79 Å². The lowest BCUT2D eigenvalue weighted by atomic mass is 10.1. The highest BCUT2D eigenvalue weighted by atomic mass is 16.5. The smallest absolute Gasteiger partial charge is 0.227 e. The highest BCUT2D eigenvalue weighted by molar-refractivity contribution is 5.92. The van der Waals surface area contributed by atoms with E-state index in [1.54, 1.807) is 6.07 Å². The van der Waals surface area contributed by atoms with Crippen molar-refractivity contribution in [3.63, 3.8) is 0 Å². The van der Waals surface area contributed by atoms with E-state index in [9.17, 15) is 4.79 Å². The van der Waals surface area contributed by atoms with Gasteiger partial charge >= 0.3 is 0 Å². The molecule has 4 nitrogen and oxygen atoms in total. The van der Waals surface area contributed by atoms with E-state index >= 15 is 0 Å². The highest BCUT2D eigenvalue weighted by Gasteiger charge is 2.08. The summed E-state index contributed by atoms with van der Waals surface area (Å²) in [4.78, 5) is 12.1. The van der Waals surface area contributed by atoms with E-state index in [0.717, 1.165) is 28.1 Å². The number of nitrogen functional groups attached to an aromatic ring is 1. The van der Waals surface area contributed by atoms with Gasteiger partial charge in [-0.15, -0.1) is 0 Å². The van der Waals surface area contributed by atoms with Gasteiger partial charge in [-0.2, -0.15) is 0 Å². The zero-order valence-electron chi connectivity index (χ0n) is 14.2. The molecular formula is C19H24N2O2. The summed E-state index contributed by atoms with van der Waals surface area (Å²) in [5.74, 6) is 0.760. The number of amides is 1. The van der Waals surface area contributed by atoms with E-state index in [2.05, 4.69) is 18.3 Å². The van der Waals surface area contributed by atoms with Gasteiger partial charge in [0.1, 0.15) is 5.75 Å². The maximum Gasteiger partial charge on any atom is 0.227 e. The third kappa shape index (κ3) is 4.49. The fraction of sp³-hybridized carbons (Fsp3) is 0.316. The van der Waals surface area contributed by atoms with Crippen LogP contribution in [0.4, 0.5) is 11.4 Å². The molecule has 0 saturated carbocycles. The van der Waals surface area contributed by atoms with Crippen LogP contribution in [0.15, 0.2) is 30.3 Å². The number of hydrogen-bond donors (Lipinski definition) is 2. The molecule has 2 aromatic rings. The Bertz CT molecular complexity index is 724. The van der Waals surface area contributed by atoms with Gasteiger partial charge in [0.05, 0.1) is 13.0 Å². The topological polar surface area (TPSA) is 64.3 Å². The van der Waals surface area contributed by atoms with Gasteiger partial charge < -0.3 is 15.8 Å². The second-order valence-corrected chi connectivity index (χ2v) is 5.93. The summed E-state index contributed by atoms with van der Waals surface area (Å²) in [6, 6.07) is 9.60. The predicted molar refractivity (Wildman–Crippen MR) is 95.0 cm³/mol. The summed E-state index contributed by atoms with van der Waals surface area (Å²) in [6.07, 6.45) is 0.292. The largest absolute Gasteiger partial charge is 0.493 e. The fourth-order valence-electron chi connectivity index (χ4n) is 2.39. The lowest BCUT2D eigenvalue weighted by Crippen LogP contribution is -2.16. The zero-order chi connectivity index (χ0) is 17.0. The summed E-state index contributed by atoms with van der Waals surface area (Å²) in [6.45, 7) is 8.40. The molecule has 0 aromatic heterocycles. The van der Waals surface area contributed by atoms with Crippen molar-refractivity contribution in [1.29, 1.82) is 0 Å². The Morgan fingerprint density at radius 3 is 2.57 bits per heavy atom. The number of nitrogens with one attached hydrogen (secondary N) is 1. The van der Waals surface area contributed by atoms with Crippen LogP contribution in [-0.4, -0.2) is 12.5 Å². The van der Waals surface area contributed by atoms with E-state index < -0.39 is 0 Å². The molecule has 0 aliphatic carbocycles. The summed E-state index contributed by atoms with van der Waals surface area (Å²) >= 11 is 0. The first kappa shape index (κ1) is 16.9. The molecule has 0 aliphatic rings. The number of hydrogen-bond acceptors (Lipinski definition) is 3. The Morgan fingerprint density at radius 2 is 1.83 bits per heavy atom. The average Bonchev–Trinajstić information content (AvgIpc) is 2.48.